The van der Waals surface area contributed by atoms with Crippen molar-refractivity contribution < 1.29 is 22.8 Å². The predicted octanol–water partition coefficient (Wildman–Crippen LogP) is -0.0289. The van der Waals surface area contributed by atoms with E-state index in [1.807, 2.05) is 5.01 Å². The third-order valence-corrected chi connectivity index (χ3v) is 6.00. The van der Waals surface area contributed by atoms with Crippen LogP contribution in [0.4, 0.5) is 5.69 Å². The van der Waals surface area contributed by atoms with E-state index in [2.05, 4.69) is 17.2 Å². The molecule has 150 valence electrons. The molecule has 0 spiro atoms. The molecule has 0 unspecified atom stereocenters. The molecule has 0 aliphatic carbocycles. The molecule has 28 heavy (non-hydrogen) atoms. The topological polar surface area (TPSA) is 92.2 Å². The summed E-state index contributed by atoms with van der Waals surface area (Å²) in [5.74, 6) is 0.0889. The van der Waals surface area contributed by atoms with E-state index in [-0.39, 0.29) is 16.4 Å². The van der Waals surface area contributed by atoms with Gasteiger partial charge in [-0.15, -0.1) is 0 Å². The first-order valence-electron chi connectivity index (χ1n) is 9.02. The van der Waals surface area contributed by atoms with Crippen molar-refractivity contribution in [3.63, 3.8) is 0 Å². The van der Waals surface area contributed by atoms with Gasteiger partial charge in [0, 0.05) is 5.56 Å². The normalized spacial score (nSPS) is 15.8. The molecule has 1 aliphatic rings. The number of anilines is 1. The van der Waals surface area contributed by atoms with Gasteiger partial charge in [-0.3, -0.25) is 14.9 Å². The SMILES string of the molecule is COc1ccccc1NS(=O)(=O)c1cccc(C(=O)NN2CC[NH+](C)CC2)c1. The van der Waals surface area contributed by atoms with Crippen LogP contribution < -0.4 is 19.8 Å². The molecule has 1 heterocycles. The molecule has 0 radical (unpaired) electrons. The van der Waals surface area contributed by atoms with Crippen molar-refractivity contribution in [1.82, 2.24) is 10.4 Å². The van der Waals surface area contributed by atoms with Gasteiger partial charge in [0.2, 0.25) is 0 Å². The Morgan fingerprint density at radius 2 is 1.82 bits per heavy atom. The molecule has 1 amide bonds. The average molecular weight is 406 g/mol. The van der Waals surface area contributed by atoms with E-state index in [4.69, 9.17) is 4.74 Å². The highest BCUT2D eigenvalue weighted by atomic mass is 32.2. The summed E-state index contributed by atoms with van der Waals surface area (Å²) < 4.78 is 33.2. The standard InChI is InChI=1S/C19H24N4O4S/c1-22-10-12-23(13-11-22)20-19(24)15-6-5-7-16(14-15)28(25,26)21-17-8-3-4-9-18(17)27-2/h3-9,14,21H,10-13H2,1-2H3,(H,20,24)/p+1. The first-order valence-corrected chi connectivity index (χ1v) is 10.5. The number of benzene rings is 2. The van der Waals surface area contributed by atoms with Crippen LogP contribution in [0.25, 0.3) is 0 Å². The number of hydrogen-bond donors (Lipinski definition) is 3. The summed E-state index contributed by atoms with van der Waals surface area (Å²) >= 11 is 0. The minimum absolute atomic E-state index is 0.00822. The van der Waals surface area contributed by atoms with Gasteiger partial charge in [-0.1, -0.05) is 18.2 Å². The number of ether oxygens (including phenoxy) is 1. The van der Waals surface area contributed by atoms with E-state index in [9.17, 15) is 13.2 Å². The number of carbonyl (C=O) groups excluding carboxylic acids is 1. The number of amides is 1. The molecule has 1 aliphatic heterocycles. The maximum atomic E-state index is 12.8. The third-order valence-electron chi connectivity index (χ3n) is 4.63. The molecule has 2 aromatic rings. The molecule has 8 nitrogen and oxygen atoms in total. The summed E-state index contributed by atoms with van der Waals surface area (Å²) in [6, 6.07) is 12.7. The monoisotopic (exact) mass is 405 g/mol. The number of likely N-dealkylation sites (N-methyl/N-ethyl adjacent to an activating group) is 1. The highest BCUT2D eigenvalue weighted by Crippen LogP contribution is 2.26. The summed E-state index contributed by atoms with van der Waals surface area (Å²) in [6.45, 7) is 3.39. The Hall–Kier alpha value is -2.62. The Bertz CT molecular complexity index is 940. The average Bonchev–Trinajstić information content (AvgIpc) is 2.70. The summed E-state index contributed by atoms with van der Waals surface area (Å²) in [6.07, 6.45) is 0. The van der Waals surface area contributed by atoms with E-state index in [0.717, 1.165) is 26.2 Å². The van der Waals surface area contributed by atoms with Crippen LogP contribution in [0.1, 0.15) is 10.4 Å². The van der Waals surface area contributed by atoms with Crippen LogP contribution in [0.3, 0.4) is 0 Å². The molecule has 2 aromatic carbocycles. The van der Waals surface area contributed by atoms with E-state index >= 15 is 0 Å². The van der Waals surface area contributed by atoms with E-state index in [1.165, 1.54) is 24.1 Å². The fourth-order valence-electron chi connectivity index (χ4n) is 2.95. The van der Waals surface area contributed by atoms with Crippen molar-refractivity contribution in [3.05, 3.63) is 54.1 Å². The van der Waals surface area contributed by atoms with Crippen LogP contribution in [0.15, 0.2) is 53.4 Å². The van der Waals surface area contributed by atoms with Crippen LogP contribution in [0, 0.1) is 0 Å². The lowest BCUT2D eigenvalue weighted by Crippen LogP contribution is -3.12. The number of hydrogen-bond acceptors (Lipinski definition) is 5. The fourth-order valence-corrected chi connectivity index (χ4v) is 4.06. The van der Waals surface area contributed by atoms with Crippen LogP contribution >= 0.6 is 0 Å². The first-order chi connectivity index (χ1) is 13.4. The maximum Gasteiger partial charge on any atom is 0.265 e. The molecular formula is C19H25N4O4S+. The van der Waals surface area contributed by atoms with Crippen molar-refractivity contribution >= 4 is 21.6 Å². The van der Waals surface area contributed by atoms with Crippen LogP contribution in [-0.4, -0.2) is 59.7 Å². The lowest BCUT2D eigenvalue weighted by molar-refractivity contribution is -0.884. The molecule has 3 rings (SSSR count). The molecule has 0 saturated carbocycles. The van der Waals surface area contributed by atoms with Crippen LogP contribution in [0.5, 0.6) is 5.75 Å². The maximum absolute atomic E-state index is 12.8. The van der Waals surface area contributed by atoms with Gasteiger partial charge in [-0.05, 0) is 30.3 Å². The number of nitrogens with one attached hydrogen (secondary N) is 3. The molecular weight excluding hydrogens is 380 g/mol. The molecule has 0 bridgehead atoms. The molecule has 1 saturated heterocycles. The molecule has 1 fully saturated rings. The molecule has 9 heteroatoms. The number of piperazine rings is 1. The highest BCUT2D eigenvalue weighted by molar-refractivity contribution is 7.92. The van der Waals surface area contributed by atoms with Crippen molar-refractivity contribution in [2.45, 2.75) is 4.90 Å². The Morgan fingerprint density at radius 3 is 2.54 bits per heavy atom. The summed E-state index contributed by atoms with van der Waals surface area (Å²) in [4.78, 5) is 14.0. The molecule has 3 N–H and O–H groups in total. The minimum Gasteiger partial charge on any atom is -0.495 e. The summed E-state index contributed by atoms with van der Waals surface area (Å²) in [7, 11) is -0.286. The van der Waals surface area contributed by atoms with Crippen LogP contribution in [0.2, 0.25) is 0 Å². The Morgan fingerprint density at radius 1 is 1.11 bits per heavy atom. The van der Waals surface area contributed by atoms with Gasteiger partial charge in [0.1, 0.15) is 5.75 Å². The molecule has 0 atom stereocenters. The van der Waals surface area contributed by atoms with Gasteiger partial charge in [-0.25, -0.2) is 13.4 Å². The Balaban J connectivity index is 1.75. The number of quaternary nitrogens is 1. The van der Waals surface area contributed by atoms with Gasteiger partial charge in [0.05, 0.1) is 50.9 Å². The fraction of sp³-hybridized carbons (Fsp3) is 0.316. The number of methoxy groups -OCH3 is 1. The van der Waals surface area contributed by atoms with Crippen molar-refractivity contribution in [1.29, 1.82) is 0 Å². The summed E-state index contributed by atoms with van der Waals surface area (Å²) in [5, 5.41) is 1.86. The van der Waals surface area contributed by atoms with Crippen molar-refractivity contribution in [2.75, 3.05) is 45.1 Å². The number of carbonyl (C=O) groups is 1. The number of nitrogens with zero attached hydrogens (tertiary/aromatic N) is 1. The largest absolute Gasteiger partial charge is 0.495 e. The van der Waals surface area contributed by atoms with Crippen molar-refractivity contribution in [3.8, 4) is 5.75 Å². The lowest BCUT2D eigenvalue weighted by Gasteiger charge is -2.30. The van der Waals surface area contributed by atoms with Gasteiger partial charge in [-0.2, -0.15) is 0 Å². The van der Waals surface area contributed by atoms with Crippen LogP contribution in [-0.2, 0) is 10.0 Å². The molecule has 0 aromatic heterocycles. The van der Waals surface area contributed by atoms with Gasteiger partial charge < -0.3 is 9.64 Å². The van der Waals surface area contributed by atoms with E-state index < -0.39 is 10.0 Å². The Labute approximate surface area is 165 Å². The second-order valence-electron chi connectivity index (χ2n) is 6.72. The zero-order chi connectivity index (χ0) is 20.1. The second-order valence-corrected chi connectivity index (χ2v) is 8.40. The number of hydrazine groups is 1. The Kier molecular flexibility index (Phi) is 6.18. The second kappa shape index (κ2) is 8.59. The quantitative estimate of drug-likeness (QED) is 0.628. The number of sulfonamides is 1. The van der Waals surface area contributed by atoms with Crippen molar-refractivity contribution in [2.24, 2.45) is 0 Å². The number of rotatable bonds is 6. The van der Waals surface area contributed by atoms with Gasteiger partial charge in [0.25, 0.3) is 15.9 Å². The zero-order valence-corrected chi connectivity index (χ0v) is 16.8. The zero-order valence-electron chi connectivity index (χ0n) is 15.9. The highest BCUT2D eigenvalue weighted by Gasteiger charge is 2.21. The van der Waals surface area contributed by atoms with E-state index in [0.29, 0.717) is 11.4 Å². The third kappa shape index (κ3) is 4.80. The minimum atomic E-state index is -3.87. The summed E-state index contributed by atoms with van der Waals surface area (Å²) in [5.41, 5.74) is 3.47. The smallest absolute Gasteiger partial charge is 0.265 e. The van der Waals surface area contributed by atoms with Gasteiger partial charge >= 0.3 is 0 Å². The van der Waals surface area contributed by atoms with Gasteiger partial charge in [0.15, 0.2) is 0 Å². The number of para-hydroxylation sites is 2. The predicted molar refractivity (Wildman–Crippen MR) is 106 cm³/mol. The first kappa shape index (κ1) is 20.1. The van der Waals surface area contributed by atoms with E-state index in [1.54, 1.807) is 36.4 Å². The lowest BCUT2D eigenvalue weighted by atomic mass is 10.2.